The number of halogens is 1. The van der Waals surface area contributed by atoms with Gasteiger partial charge in [0, 0.05) is 18.3 Å². The molecule has 1 aliphatic carbocycles. The van der Waals surface area contributed by atoms with Crippen LogP contribution in [0.3, 0.4) is 0 Å². The lowest BCUT2D eigenvalue weighted by Gasteiger charge is -2.17. The van der Waals surface area contributed by atoms with E-state index in [4.69, 9.17) is 0 Å². The minimum atomic E-state index is 0.209. The van der Waals surface area contributed by atoms with E-state index in [1.807, 2.05) is 6.07 Å². The number of benzene rings is 1. The van der Waals surface area contributed by atoms with E-state index < -0.39 is 0 Å². The van der Waals surface area contributed by atoms with Crippen LogP contribution in [0.25, 0.3) is 0 Å². The van der Waals surface area contributed by atoms with Crippen LogP contribution >= 0.6 is 15.9 Å². The first-order valence-corrected chi connectivity index (χ1v) is 8.78. The van der Waals surface area contributed by atoms with E-state index in [1.165, 1.54) is 24.8 Å². The maximum Gasteiger partial charge on any atom is 0.220 e. The van der Waals surface area contributed by atoms with Gasteiger partial charge in [0.15, 0.2) is 0 Å². The first-order valence-electron chi connectivity index (χ1n) is 7.66. The van der Waals surface area contributed by atoms with Crippen molar-refractivity contribution in [3.8, 4) is 0 Å². The van der Waals surface area contributed by atoms with Gasteiger partial charge in [0.2, 0.25) is 5.91 Å². The number of hydrogen-bond acceptors (Lipinski definition) is 1. The van der Waals surface area contributed by atoms with Gasteiger partial charge in [-0.2, -0.15) is 0 Å². The van der Waals surface area contributed by atoms with Gasteiger partial charge in [-0.1, -0.05) is 52.7 Å². The Morgan fingerprint density at radius 2 is 1.95 bits per heavy atom. The van der Waals surface area contributed by atoms with Crippen LogP contribution in [0.15, 0.2) is 30.3 Å². The molecule has 0 heterocycles. The number of aryl methyl sites for hydroxylation is 1. The van der Waals surface area contributed by atoms with Crippen LogP contribution in [0.1, 0.15) is 37.7 Å². The van der Waals surface area contributed by atoms with Gasteiger partial charge in [-0.05, 0) is 43.1 Å². The van der Waals surface area contributed by atoms with Crippen LogP contribution in [-0.2, 0) is 11.2 Å². The molecule has 0 bridgehead atoms. The van der Waals surface area contributed by atoms with Gasteiger partial charge in [0.05, 0.1) is 0 Å². The lowest BCUT2D eigenvalue weighted by molar-refractivity contribution is -0.121. The molecule has 1 N–H and O–H groups in total. The molecule has 1 aliphatic rings. The minimum absolute atomic E-state index is 0.209. The van der Waals surface area contributed by atoms with Crippen LogP contribution in [0.4, 0.5) is 0 Å². The number of carbonyl (C=O) groups is 1. The van der Waals surface area contributed by atoms with E-state index >= 15 is 0 Å². The highest BCUT2D eigenvalue weighted by atomic mass is 79.9. The third-order valence-corrected chi connectivity index (χ3v) is 5.12. The molecule has 0 aromatic heterocycles. The third-order valence-electron chi connectivity index (χ3n) is 4.29. The predicted molar refractivity (Wildman–Crippen MR) is 87.0 cm³/mol. The van der Waals surface area contributed by atoms with Gasteiger partial charge in [0.25, 0.3) is 0 Å². The molecule has 1 fully saturated rings. The first-order chi connectivity index (χ1) is 9.79. The molecule has 1 aromatic carbocycles. The molecule has 2 rings (SSSR count). The van der Waals surface area contributed by atoms with Crippen molar-refractivity contribution in [1.82, 2.24) is 5.32 Å². The second-order valence-electron chi connectivity index (χ2n) is 5.75. The number of alkyl halides is 1. The van der Waals surface area contributed by atoms with E-state index in [0.717, 1.165) is 30.6 Å². The normalized spacial score (nSPS) is 21.9. The maximum absolute atomic E-state index is 11.9. The van der Waals surface area contributed by atoms with Crippen molar-refractivity contribution in [2.24, 2.45) is 11.8 Å². The molecule has 0 radical (unpaired) electrons. The second-order valence-corrected chi connectivity index (χ2v) is 6.40. The highest BCUT2D eigenvalue weighted by Gasteiger charge is 2.26. The average molecular weight is 338 g/mol. The molecule has 2 atom stereocenters. The molecule has 0 aliphatic heterocycles. The zero-order valence-electron chi connectivity index (χ0n) is 12.0. The molecule has 20 heavy (non-hydrogen) atoms. The Morgan fingerprint density at radius 3 is 2.70 bits per heavy atom. The van der Waals surface area contributed by atoms with Gasteiger partial charge in [-0.3, -0.25) is 4.79 Å². The SMILES string of the molecule is O=C(CCCc1ccccc1)NCC1CCCC1CBr. The van der Waals surface area contributed by atoms with E-state index in [0.29, 0.717) is 12.3 Å². The second kappa shape index (κ2) is 8.46. The molecular weight excluding hydrogens is 314 g/mol. The molecule has 3 heteroatoms. The Labute approximate surface area is 130 Å². The first kappa shape index (κ1) is 15.6. The molecule has 1 amide bonds. The molecule has 2 unspecified atom stereocenters. The van der Waals surface area contributed by atoms with E-state index in [1.54, 1.807) is 0 Å². The largest absolute Gasteiger partial charge is 0.356 e. The van der Waals surface area contributed by atoms with Gasteiger partial charge < -0.3 is 5.32 Å². The maximum atomic E-state index is 11.9. The predicted octanol–water partition coefficient (Wildman–Crippen LogP) is 3.94. The van der Waals surface area contributed by atoms with Crippen molar-refractivity contribution in [1.29, 1.82) is 0 Å². The molecule has 1 saturated carbocycles. The monoisotopic (exact) mass is 337 g/mol. The summed E-state index contributed by atoms with van der Waals surface area (Å²) in [7, 11) is 0. The van der Waals surface area contributed by atoms with Crippen LogP contribution in [0, 0.1) is 11.8 Å². The summed E-state index contributed by atoms with van der Waals surface area (Å²) in [5.41, 5.74) is 1.32. The summed E-state index contributed by atoms with van der Waals surface area (Å²) in [5, 5.41) is 4.19. The molecule has 110 valence electrons. The summed E-state index contributed by atoms with van der Waals surface area (Å²) >= 11 is 3.58. The van der Waals surface area contributed by atoms with Gasteiger partial charge >= 0.3 is 0 Å². The summed E-state index contributed by atoms with van der Waals surface area (Å²) in [6, 6.07) is 10.4. The molecule has 1 aromatic rings. The van der Waals surface area contributed by atoms with Crippen molar-refractivity contribution in [2.75, 3.05) is 11.9 Å². The topological polar surface area (TPSA) is 29.1 Å². The summed E-state index contributed by atoms with van der Waals surface area (Å²) in [6.07, 6.45) is 6.44. The van der Waals surface area contributed by atoms with Crippen molar-refractivity contribution in [3.63, 3.8) is 0 Å². The third kappa shape index (κ3) is 4.93. The summed E-state index contributed by atoms with van der Waals surface area (Å²) < 4.78 is 0. The lowest BCUT2D eigenvalue weighted by Crippen LogP contribution is -2.31. The minimum Gasteiger partial charge on any atom is -0.356 e. The number of nitrogens with one attached hydrogen (secondary N) is 1. The van der Waals surface area contributed by atoms with Crippen LogP contribution in [0.2, 0.25) is 0 Å². The number of hydrogen-bond donors (Lipinski definition) is 1. The van der Waals surface area contributed by atoms with Gasteiger partial charge in [0.1, 0.15) is 0 Å². The lowest BCUT2D eigenvalue weighted by atomic mass is 9.98. The van der Waals surface area contributed by atoms with E-state index in [2.05, 4.69) is 45.5 Å². The average Bonchev–Trinajstić information content (AvgIpc) is 2.94. The standard InChI is InChI=1S/C17H24BrNO/c18-12-15-9-5-10-16(15)13-19-17(20)11-4-8-14-6-2-1-3-7-14/h1-3,6-7,15-16H,4-5,8-13H2,(H,19,20). The van der Waals surface area contributed by atoms with Crippen LogP contribution in [0.5, 0.6) is 0 Å². The molecular formula is C17H24BrNO. The number of carbonyl (C=O) groups excluding carboxylic acids is 1. The molecule has 0 saturated heterocycles. The number of rotatable bonds is 7. The van der Waals surface area contributed by atoms with Crippen LogP contribution < -0.4 is 5.32 Å². The Bertz CT molecular complexity index is 407. The highest BCUT2D eigenvalue weighted by molar-refractivity contribution is 9.09. The molecule has 2 nitrogen and oxygen atoms in total. The van der Waals surface area contributed by atoms with Crippen molar-refractivity contribution in [2.45, 2.75) is 38.5 Å². The smallest absolute Gasteiger partial charge is 0.220 e. The Balaban J connectivity index is 1.61. The van der Waals surface area contributed by atoms with Crippen molar-refractivity contribution in [3.05, 3.63) is 35.9 Å². The Hall–Kier alpha value is -0.830. The zero-order chi connectivity index (χ0) is 14.2. The summed E-state index contributed by atoms with van der Waals surface area (Å²) in [5.74, 6) is 1.63. The highest BCUT2D eigenvalue weighted by Crippen LogP contribution is 2.32. The number of amides is 1. The zero-order valence-corrected chi connectivity index (χ0v) is 13.6. The van der Waals surface area contributed by atoms with Crippen molar-refractivity contribution < 1.29 is 4.79 Å². The fourth-order valence-corrected chi connectivity index (χ4v) is 3.87. The quantitative estimate of drug-likeness (QED) is 0.750. The van der Waals surface area contributed by atoms with E-state index in [9.17, 15) is 4.79 Å². The fraction of sp³-hybridized carbons (Fsp3) is 0.588. The van der Waals surface area contributed by atoms with Gasteiger partial charge in [-0.25, -0.2) is 0 Å². The fourth-order valence-electron chi connectivity index (χ4n) is 3.02. The van der Waals surface area contributed by atoms with E-state index in [-0.39, 0.29) is 5.91 Å². The Morgan fingerprint density at radius 1 is 1.20 bits per heavy atom. The summed E-state index contributed by atoms with van der Waals surface area (Å²) in [6.45, 7) is 0.862. The summed E-state index contributed by atoms with van der Waals surface area (Å²) in [4.78, 5) is 11.9. The molecule has 0 spiro atoms. The Kier molecular flexibility index (Phi) is 6.58. The van der Waals surface area contributed by atoms with Gasteiger partial charge in [-0.15, -0.1) is 0 Å². The van der Waals surface area contributed by atoms with Crippen LogP contribution in [-0.4, -0.2) is 17.8 Å². The van der Waals surface area contributed by atoms with Crippen molar-refractivity contribution >= 4 is 21.8 Å².